The van der Waals surface area contributed by atoms with Gasteiger partial charge in [0.25, 0.3) is 0 Å². The summed E-state index contributed by atoms with van der Waals surface area (Å²) in [7, 11) is 0. The van der Waals surface area contributed by atoms with E-state index in [0.717, 1.165) is 0 Å². The molecule has 18 nitrogen and oxygen atoms in total. The van der Waals surface area contributed by atoms with Crippen LogP contribution >= 0.6 is 0 Å². The van der Waals surface area contributed by atoms with Gasteiger partial charge < -0.3 is 54.0 Å². The van der Waals surface area contributed by atoms with Crippen molar-refractivity contribution in [3.05, 3.63) is 0 Å². The molecule has 0 aromatic carbocycles. The Balaban J connectivity index is 5.19. The van der Waals surface area contributed by atoms with Crippen molar-refractivity contribution in [2.24, 2.45) is 23.1 Å². The SMILES string of the molecule is CC(C)[C@H](NC(=O)[C@H](CC(=O)O)NC(=O)CNC(=O)[C@H](C)NC(=O)[C@H](CCC(N)=O)NC(=O)[C@@H](N)CCCCN)C(=O)O. The lowest BCUT2D eigenvalue weighted by Gasteiger charge is -2.23. The number of carboxylic acids is 2. The number of nitrogens with two attached hydrogens (primary N) is 3. The second-order valence-corrected chi connectivity index (χ2v) is 10.2. The van der Waals surface area contributed by atoms with Gasteiger partial charge >= 0.3 is 11.9 Å². The van der Waals surface area contributed by atoms with Crippen LogP contribution in [0.3, 0.4) is 0 Å². The van der Waals surface area contributed by atoms with E-state index in [9.17, 15) is 43.5 Å². The summed E-state index contributed by atoms with van der Waals surface area (Å²) in [4.78, 5) is 96.4. The number of hydrogen-bond acceptors (Lipinski definition) is 10. The van der Waals surface area contributed by atoms with Crippen molar-refractivity contribution >= 4 is 47.4 Å². The second-order valence-electron chi connectivity index (χ2n) is 10.2. The molecule has 5 atom stereocenters. The van der Waals surface area contributed by atoms with Gasteiger partial charge in [0.1, 0.15) is 24.2 Å². The highest BCUT2D eigenvalue weighted by atomic mass is 16.4. The molecular weight excluding hydrogens is 572 g/mol. The second kappa shape index (κ2) is 19.7. The van der Waals surface area contributed by atoms with Crippen LogP contribution in [-0.2, 0) is 38.4 Å². The Morgan fingerprint density at radius 2 is 1.35 bits per heavy atom. The molecule has 18 heteroatoms. The van der Waals surface area contributed by atoms with Gasteiger partial charge in [-0.15, -0.1) is 0 Å². The highest BCUT2D eigenvalue weighted by Crippen LogP contribution is 2.05. The standard InChI is InChI=1S/C25H44N8O10/c1-12(2)20(25(42)43)33-24(41)16(10-19(36)37)31-18(35)11-29-21(38)13(3)30-23(40)15(7-8-17(28)34)32-22(39)14(27)6-4-5-9-26/h12-16,20H,4-11,26-27H2,1-3H3,(H2,28,34)(H,29,38)(H,30,40)(H,31,35)(H,32,39)(H,33,41)(H,36,37)(H,42,43)/t13-,14-,15-,16-,20-/m0/s1. The number of aliphatic carboxylic acids is 2. The number of nitrogens with one attached hydrogen (secondary N) is 5. The van der Waals surface area contributed by atoms with Crippen LogP contribution in [0.25, 0.3) is 0 Å². The molecule has 0 aliphatic carbocycles. The van der Waals surface area contributed by atoms with Crippen LogP contribution in [0.2, 0.25) is 0 Å². The summed E-state index contributed by atoms with van der Waals surface area (Å²) in [5.74, 6) is -8.43. The lowest BCUT2D eigenvalue weighted by molar-refractivity contribution is -0.144. The van der Waals surface area contributed by atoms with E-state index in [1.165, 1.54) is 20.8 Å². The molecule has 0 aliphatic heterocycles. The highest BCUT2D eigenvalue weighted by Gasteiger charge is 2.30. The first-order valence-electron chi connectivity index (χ1n) is 13.7. The Bertz CT molecular complexity index is 1020. The Labute approximate surface area is 248 Å². The predicted molar refractivity (Wildman–Crippen MR) is 150 cm³/mol. The maximum Gasteiger partial charge on any atom is 0.326 e. The Hall–Kier alpha value is -4.32. The number of hydrogen-bond donors (Lipinski definition) is 10. The number of carbonyl (C=O) groups excluding carboxylic acids is 6. The van der Waals surface area contributed by atoms with Crippen molar-refractivity contribution in [3.8, 4) is 0 Å². The first kappa shape index (κ1) is 38.7. The van der Waals surface area contributed by atoms with E-state index >= 15 is 0 Å². The van der Waals surface area contributed by atoms with Crippen molar-refractivity contribution in [2.45, 2.75) is 89.5 Å². The molecule has 13 N–H and O–H groups in total. The lowest BCUT2D eigenvalue weighted by atomic mass is 10.0. The zero-order valence-corrected chi connectivity index (χ0v) is 24.5. The molecule has 0 rings (SSSR count). The molecule has 0 unspecified atom stereocenters. The zero-order chi connectivity index (χ0) is 33.3. The smallest absolute Gasteiger partial charge is 0.326 e. The monoisotopic (exact) mass is 616 g/mol. The highest BCUT2D eigenvalue weighted by molar-refractivity contribution is 5.96. The van der Waals surface area contributed by atoms with Crippen molar-refractivity contribution in [1.29, 1.82) is 0 Å². The van der Waals surface area contributed by atoms with E-state index in [0.29, 0.717) is 25.8 Å². The minimum absolute atomic E-state index is 0.175. The third-order valence-corrected chi connectivity index (χ3v) is 6.05. The van der Waals surface area contributed by atoms with Crippen molar-refractivity contribution in [3.63, 3.8) is 0 Å². The van der Waals surface area contributed by atoms with E-state index < -0.39 is 96.5 Å². The first-order valence-corrected chi connectivity index (χ1v) is 13.7. The normalized spacial score (nSPS) is 14.3. The van der Waals surface area contributed by atoms with Gasteiger partial charge in [-0.1, -0.05) is 20.3 Å². The van der Waals surface area contributed by atoms with Crippen LogP contribution in [0.4, 0.5) is 0 Å². The van der Waals surface area contributed by atoms with E-state index in [4.69, 9.17) is 22.3 Å². The minimum atomic E-state index is -1.64. The van der Waals surface area contributed by atoms with Gasteiger partial charge in [-0.25, -0.2) is 4.79 Å². The summed E-state index contributed by atoms with van der Waals surface area (Å²) in [6.07, 6.45) is 0.242. The molecule has 0 spiro atoms. The third-order valence-electron chi connectivity index (χ3n) is 6.05. The van der Waals surface area contributed by atoms with E-state index in [2.05, 4.69) is 26.6 Å². The fraction of sp³-hybridized carbons (Fsp3) is 0.680. The molecule has 0 saturated carbocycles. The van der Waals surface area contributed by atoms with Crippen LogP contribution in [0.1, 0.15) is 59.3 Å². The quantitative estimate of drug-likeness (QED) is 0.0552. The molecule has 0 fully saturated rings. The molecule has 6 amide bonds. The number of rotatable bonds is 21. The molecule has 0 bridgehead atoms. The Morgan fingerprint density at radius 3 is 1.86 bits per heavy atom. The van der Waals surface area contributed by atoms with Crippen molar-refractivity contribution in [2.75, 3.05) is 13.1 Å². The zero-order valence-electron chi connectivity index (χ0n) is 24.5. The molecule has 0 heterocycles. The topological polar surface area (TPSA) is 315 Å². The van der Waals surface area contributed by atoms with Crippen LogP contribution < -0.4 is 43.8 Å². The van der Waals surface area contributed by atoms with Gasteiger partial charge in [-0.3, -0.25) is 33.6 Å². The lowest BCUT2D eigenvalue weighted by Crippen LogP contribution is -2.56. The molecule has 0 saturated heterocycles. The summed E-state index contributed by atoms with van der Waals surface area (Å²) >= 11 is 0. The summed E-state index contributed by atoms with van der Waals surface area (Å²) in [5.41, 5.74) is 16.4. The third kappa shape index (κ3) is 16.0. The first-order chi connectivity index (χ1) is 20.0. The van der Waals surface area contributed by atoms with E-state index in [1.807, 2.05) is 0 Å². The largest absolute Gasteiger partial charge is 0.481 e. The van der Waals surface area contributed by atoms with E-state index in [1.54, 1.807) is 0 Å². The maximum absolute atomic E-state index is 12.8. The molecule has 244 valence electrons. The van der Waals surface area contributed by atoms with Crippen molar-refractivity contribution < 1.29 is 48.6 Å². The summed E-state index contributed by atoms with van der Waals surface area (Å²) in [5, 5.41) is 29.6. The summed E-state index contributed by atoms with van der Waals surface area (Å²) in [6.45, 7) is 4.01. The average Bonchev–Trinajstić information content (AvgIpc) is 2.90. The van der Waals surface area contributed by atoms with E-state index in [-0.39, 0.29) is 12.8 Å². The number of amides is 6. The molecule has 0 aromatic heterocycles. The summed E-state index contributed by atoms with van der Waals surface area (Å²) in [6, 6.07) is -6.42. The Kier molecular flexibility index (Phi) is 17.8. The molecular formula is C25H44N8O10. The fourth-order valence-electron chi connectivity index (χ4n) is 3.57. The Morgan fingerprint density at radius 1 is 0.744 bits per heavy atom. The minimum Gasteiger partial charge on any atom is -0.481 e. The molecule has 0 aromatic rings. The number of carbonyl (C=O) groups is 8. The number of unbranched alkanes of at least 4 members (excludes halogenated alkanes) is 1. The van der Waals surface area contributed by atoms with Gasteiger partial charge in [0.2, 0.25) is 35.4 Å². The molecule has 0 radical (unpaired) electrons. The predicted octanol–water partition coefficient (Wildman–Crippen LogP) is -4.00. The van der Waals surface area contributed by atoms with Gasteiger partial charge in [0, 0.05) is 6.42 Å². The summed E-state index contributed by atoms with van der Waals surface area (Å²) < 4.78 is 0. The van der Waals surface area contributed by atoms with Crippen LogP contribution in [0, 0.1) is 5.92 Å². The van der Waals surface area contributed by atoms with Crippen LogP contribution in [0.15, 0.2) is 0 Å². The van der Waals surface area contributed by atoms with Gasteiger partial charge in [-0.2, -0.15) is 0 Å². The fourth-order valence-corrected chi connectivity index (χ4v) is 3.57. The van der Waals surface area contributed by atoms with Gasteiger partial charge in [0.05, 0.1) is 19.0 Å². The van der Waals surface area contributed by atoms with Crippen LogP contribution in [-0.4, -0.2) is 101 Å². The molecule has 0 aliphatic rings. The van der Waals surface area contributed by atoms with Gasteiger partial charge in [0.15, 0.2) is 0 Å². The molecule has 43 heavy (non-hydrogen) atoms. The maximum atomic E-state index is 12.8. The van der Waals surface area contributed by atoms with Gasteiger partial charge in [-0.05, 0) is 38.6 Å². The van der Waals surface area contributed by atoms with Crippen LogP contribution in [0.5, 0.6) is 0 Å². The number of primary amides is 1. The average molecular weight is 617 g/mol. The van der Waals surface area contributed by atoms with Crippen molar-refractivity contribution in [1.82, 2.24) is 26.6 Å². The number of carboxylic acid groups (broad SMARTS) is 2.